The number of rotatable bonds is 4. The van der Waals surface area contributed by atoms with E-state index in [0.29, 0.717) is 11.3 Å². The molecule has 0 bridgehead atoms. The van der Waals surface area contributed by atoms with Gasteiger partial charge in [-0.1, -0.05) is 0 Å². The topological polar surface area (TPSA) is 93.5 Å². The van der Waals surface area contributed by atoms with Gasteiger partial charge in [0, 0.05) is 13.6 Å². The summed E-state index contributed by atoms with van der Waals surface area (Å²) in [6, 6.07) is -0.451. The van der Waals surface area contributed by atoms with Gasteiger partial charge in [-0.3, -0.25) is 24.5 Å². The Morgan fingerprint density at radius 2 is 2.24 bits per heavy atom. The Hall–Kier alpha value is -2.22. The number of hydrogen-bond donors (Lipinski definition) is 1. The number of nitrogens with one attached hydrogen (secondary N) is 1. The molecule has 1 aromatic rings. The summed E-state index contributed by atoms with van der Waals surface area (Å²) in [5.74, 6) is -1.15. The minimum absolute atomic E-state index is 0.0976. The zero-order valence-electron chi connectivity index (χ0n) is 12.3. The summed E-state index contributed by atoms with van der Waals surface area (Å²) < 4.78 is 6.53. The minimum Gasteiger partial charge on any atom is -0.462 e. The number of ether oxygens (including phenoxy) is 1. The van der Waals surface area contributed by atoms with Crippen molar-refractivity contribution >= 4 is 17.8 Å². The van der Waals surface area contributed by atoms with E-state index in [4.69, 9.17) is 4.74 Å². The van der Waals surface area contributed by atoms with Gasteiger partial charge >= 0.3 is 5.97 Å². The number of imide groups is 1. The van der Waals surface area contributed by atoms with Gasteiger partial charge in [0.2, 0.25) is 11.8 Å². The van der Waals surface area contributed by atoms with Gasteiger partial charge in [0.1, 0.15) is 5.56 Å². The molecule has 0 spiro atoms. The Morgan fingerprint density at radius 1 is 1.52 bits per heavy atom. The predicted octanol–water partition coefficient (Wildman–Crippen LogP) is -0.556. The fourth-order valence-electron chi connectivity index (χ4n) is 2.18. The normalized spacial score (nSPS) is 19.5. The van der Waals surface area contributed by atoms with E-state index in [0.717, 1.165) is 0 Å². The van der Waals surface area contributed by atoms with E-state index in [1.165, 1.54) is 6.20 Å². The maximum atomic E-state index is 11.9. The van der Waals surface area contributed by atoms with Crippen molar-refractivity contribution in [2.45, 2.75) is 26.4 Å². The van der Waals surface area contributed by atoms with Gasteiger partial charge in [0.05, 0.1) is 31.1 Å². The third-order valence-electron chi connectivity index (χ3n) is 3.45. The monoisotopic (exact) mass is 294 g/mol. The highest BCUT2D eigenvalue weighted by molar-refractivity contribution is 6.00. The van der Waals surface area contributed by atoms with Crippen LogP contribution in [0, 0.1) is 0 Å². The second-order valence-electron chi connectivity index (χ2n) is 4.84. The van der Waals surface area contributed by atoms with Gasteiger partial charge in [-0.2, -0.15) is 5.10 Å². The van der Waals surface area contributed by atoms with E-state index in [2.05, 4.69) is 10.4 Å². The average Bonchev–Trinajstić information content (AvgIpc) is 2.77. The highest BCUT2D eigenvalue weighted by Gasteiger charge is 2.32. The summed E-state index contributed by atoms with van der Waals surface area (Å²) in [7, 11) is 1.70. The first-order valence-electron chi connectivity index (χ1n) is 6.69. The van der Waals surface area contributed by atoms with Crippen molar-refractivity contribution in [3.63, 3.8) is 0 Å². The molecule has 1 saturated heterocycles. The van der Waals surface area contributed by atoms with E-state index >= 15 is 0 Å². The molecule has 1 aliphatic rings. The SMILES string of the molecule is CCOC(=O)c1cnn(C)c1CN1CC(=O)NC(=O)C1C. The summed E-state index contributed by atoms with van der Waals surface area (Å²) in [6.07, 6.45) is 1.43. The summed E-state index contributed by atoms with van der Waals surface area (Å²) in [5.41, 5.74) is 0.966. The smallest absolute Gasteiger partial charge is 0.341 e. The Kier molecular flexibility index (Phi) is 4.37. The molecule has 0 saturated carbocycles. The van der Waals surface area contributed by atoms with Crippen LogP contribution < -0.4 is 5.32 Å². The highest BCUT2D eigenvalue weighted by atomic mass is 16.5. The zero-order valence-corrected chi connectivity index (χ0v) is 12.3. The molecule has 2 heterocycles. The highest BCUT2D eigenvalue weighted by Crippen LogP contribution is 2.15. The van der Waals surface area contributed by atoms with Crippen LogP contribution >= 0.6 is 0 Å². The Morgan fingerprint density at radius 3 is 2.90 bits per heavy atom. The van der Waals surface area contributed by atoms with Crippen molar-refractivity contribution < 1.29 is 19.1 Å². The van der Waals surface area contributed by atoms with Crippen LogP contribution in [0.1, 0.15) is 29.9 Å². The van der Waals surface area contributed by atoms with Gasteiger partial charge in [-0.15, -0.1) is 0 Å². The summed E-state index contributed by atoms with van der Waals surface area (Å²) in [4.78, 5) is 36.7. The first-order valence-corrected chi connectivity index (χ1v) is 6.69. The molecule has 8 nitrogen and oxygen atoms in total. The lowest BCUT2D eigenvalue weighted by Crippen LogP contribution is -2.56. The number of carbonyl (C=O) groups excluding carboxylic acids is 3. The molecule has 1 aromatic heterocycles. The maximum Gasteiger partial charge on any atom is 0.341 e. The van der Waals surface area contributed by atoms with E-state index in [1.54, 1.807) is 30.5 Å². The molecule has 2 amide bonds. The predicted molar refractivity (Wildman–Crippen MR) is 72.2 cm³/mol. The van der Waals surface area contributed by atoms with Crippen molar-refractivity contribution in [2.24, 2.45) is 7.05 Å². The lowest BCUT2D eigenvalue weighted by molar-refractivity contribution is -0.139. The maximum absolute atomic E-state index is 11.9. The molecule has 1 aliphatic heterocycles. The van der Waals surface area contributed by atoms with Gasteiger partial charge in [-0.05, 0) is 13.8 Å². The first-order chi connectivity index (χ1) is 9.93. The van der Waals surface area contributed by atoms with Crippen molar-refractivity contribution in [2.75, 3.05) is 13.2 Å². The lowest BCUT2D eigenvalue weighted by atomic mass is 10.1. The molecule has 0 aromatic carbocycles. The fourth-order valence-corrected chi connectivity index (χ4v) is 2.18. The van der Waals surface area contributed by atoms with Crippen molar-refractivity contribution in [3.05, 3.63) is 17.5 Å². The molecule has 1 fully saturated rings. The number of aryl methyl sites for hydroxylation is 1. The molecular formula is C13H18N4O4. The van der Waals surface area contributed by atoms with Gasteiger partial charge in [0.15, 0.2) is 0 Å². The Labute approximate surface area is 122 Å². The van der Waals surface area contributed by atoms with E-state index in [-0.39, 0.29) is 31.5 Å². The Balaban J connectivity index is 2.22. The third-order valence-corrected chi connectivity index (χ3v) is 3.45. The van der Waals surface area contributed by atoms with Crippen molar-refractivity contribution in [1.82, 2.24) is 20.0 Å². The number of nitrogens with zero attached hydrogens (tertiary/aromatic N) is 3. The summed E-state index contributed by atoms with van der Waals surface area (Å²) in [6.45, 7) is 4.07. The average molecular weight is 294 g/mol. The minimum atomic E-state index is -0.457. The molecule has 1 N–H and O–H groups in total. The number of carbonyl (C=O) groups is 3. The molecular weight excluding hydrogens is 276 g/mol. The number of esters is 1. The number of amides is 2. The molecule has 21 heavy (non-hydrogen) atoms. The second-order valence-corrected chi connectivity index (χ2v) is 4.84. The third kappa shape index (κ3) is 3.10. The molecule has 114 valence electrons. The molecule has 0 aliphatic carbocycles. The van der Waals surface area contributed by atoms with Gasteiger partial charge < -0.3 is 4.74 Å². The van der Waals surface area contributed by atoms with Crippen LogP contribution in [0.3, 0.4) is 0 Å². The van der Waals surface area contributed by atoms with Crippen LogP contribution in [0.4, 0.5) is 0 Å². The van der Waals surface area contributed by atoms with Crippen LogP contribution in [0.15, 0.2) is 6.20 Å². The Bertz CT molecular complexity index is 581. The first kappa shape index (κ1) is 15.2. The zero-order chi connectivity index (χ0) is 15.6. The second kappa shape index (κ2) is 6.04. The van der Waals surface area contributed by atoms with Crippen molar-refractivity contribution in [3.8, 4) is 0 Å². The number of piperazine rings is 1. The van der Waals surface area contributed by atoms with Gasteiger partial charge in [0.25, 0.3) is 0 Å². The van der Waals surface area contributed by atoms with Crippen LogP contribution in [-0.4, -0.2) is 51.7 Å². The molecule has 1 unspecified atom stereocenters. The standard InChI is InChI=1S/C13H18N4O4/c1-4-21-13(20)9-5-14-16(3)10(9)6-17-7-11(18)15-12(19)8(17)2/h5,8H,4,6-7H2,1-3H3,(H,15,18,19). The lowest BCUT2D eigenvalue weighted by Gasteiger charge is -2.31. The van der Waals surface area contributed by atoms with E-state index in [1.807, 2.05) is 0 Å². The molecule has 1 atom stereocenters. The van der Waals surface area contributed by atoms with Crippen LogP contribution in [0.2, 0.25) is 0 Å². The fraction of sp³-hybridized carbons (Fsp3) is 0.538. The van der Waals surface area contributed by atoms with E-state index in [9.17, 15) is 14.4 Å². The van der Waals surface area contributed by atoms with Crippen LogP contribution in [0.5, 0.6) is 0 Å². The molecule has 8 heteroatoms. The van der Waals surface area contributed by atoms with Crippen LogP contribution in [-0.2, 0) is 27.9 Å². The summed E-state index contributed by atoms with van der Waals surface area (Å²) >= 11 is 0. The molecule has 0 radical (unpaired) electrons. The summed E-state index contributed by atoms with van der Waals surface area (Å²) in [5, 5.41) is 6.33. The quantitative estimate of drug-likeness (QED) is 0.591. The molecule has 2 rings (SSSR count). The number of aromatic nitrogens is 2. The van der Waals surface area contributed by atoms with Gasteiger partial charge in [-0.25, -0.2) is 4.79 Å². The van der Waals surface area contributed by atoms with Crippen molar-refractivity contribution in [1.29, 1.82) is 0 Å². The van der Waals surface area contributed by atoms with Crippen LogP contribution in [0.25, 0.3) is 0 Å². The number of hydrogen-bond acceptors (Lipinski definition) is 6. The van der Waals surface area contributed by atoms with E-state index < -0.39 is 12.0 Å². The largest absolute Gasteiger partial charge is 0.462 e.